The summed E-state index contributed by atoms with van der Waals surface area (Å²) in [5, 5.41) is 25.3. The van der Waals surface area contributed by atoms with Gasteiger partial charge in [-0.05, 0) is 36.9 Å². The number of aliphatic hydroxyl groups excluding tert-OH is 1. The Balaban J connectivity index is 1.24. The maximum atomic E-state index is 13.0. The summed E-state index contributed by atoms with van der Waals surface area (Å²) in [4.78, 5) is 15.9. The van der Waals surface area contributed by atoms with Gasteiger partial charge in [-0.25, -0.2) is 4.90 Å². The number of anilines is 1. The minimum Gasteiger partial charge on any atom is -0.394 e. The Kier molecular flexibility index (Phi) is 5.28. The fourth-order valence-corrected chi connectivity index (χ4v) is 6.25. The van der Waals surface area contributed by atoms with Gasteiger partial charge >= 0.3 is 0 Å². The first-order valence-electron chi connectivity index (χ1n) is 11.6. The van der Waals surface area contributed by atoms with Crippen molar-refractivity contribution < 1.29 is 14.6 Å². The van der Waals surface area contributed by atoms with Crippen LogP contribution in [0.5, 0.6) is 0 Å². The highest BCUT2D eigenvalue weighted by Crippen LogP contribution is 2.49. The fourth-order valence-electron chi connectivity index (χ4n) is 5.29. The quantitative estimate of drug-likeness (QED) is 0.327. The van der Waals surface area contributed by atoms with Gasteiger partial charge in [0, 0.05) is 16.8 Å². The third kappa shape index (κ3) is 3.59. The molecule has 4 heterocycles. The first-order valence-corrected chi connectivity index (χ1v) is 12.5. The van der Waals surface area contributed by atoms with Crippen LogP contribution in [0.2, 0.25) is 0 Å². The number of thiophene rings is 1. The molecule has 0 aliphatic carbocycles. The SMILES string of the molecule is CC1(N[C@H](CO)c2ccccc2)OCC2(C)c3[nH]nc(NC(=O)c4cc5ccccc5s4)c3CN12. The molecule has 6 rings (SSSR count). The van der Waals surface area contributed by atoms with Crippen LogP contribution in [0.4, 0.5) is 5.82 Å². The minimum atomic E-state index is -0.815. The Bertz CT molecular complexity index is 1370. The van der Waals surface area contributed by atoms with E-state index in [1.54, 1.807) is 0 Å². The van der Waals surface area contributed by atoms with Crippen LogP contribution in [0.25, 0.3) is 10.1 Å². The van der Waals surface area contributed by atoms with Crippen LogP contribution in [0.15, 0.2) is 60.7 Å². The Labute approximate surface area is 206 Å². The van der Waals surface area contributed by atoms with E-state index in [1.807, 2.05) is 67.6 Å². The number of nitrogens with zero attached hydrogens (tertiary/aromatic N) is 2. The highest BCUT2D eigenvalue weighted by molar-refractivity contribution is 7.20. The van der Waals surface area contributed by atoms with Crippen molar-refractivity contribution in [3.8, 4) is 0 Å². The lowest BCUT2D eigenvalue weighted by Crippen LogP contribution is -2.57. The topological polar surface area (TPSA) is 103 Å². The first kappa shape index (κ1) is 22.4. The van der Waals surface area contributed by atoms with Crippen molar-refractivity contribution in [2.75, 3.05) is 18.5 Å². The maximum absolute atomic E-state index is 13.0. The summed E-state index contributed by atoms with van der Waals surface area (Å²) in [7, 11) is 0. The van der Waals surface area contributed by atoms with Crippen LogP contribution in [0.3, 0.4) is 0 Å². The zero-order valence-electron chi connectivity index (χ0n) is 19.5. The van der Waals surface area contributed by atoms with Gasteiger partial charge in [-0.2, -0.15) is 5.10 Å². The molecule has 2 aliphatic heterocycles. The summed E-state index contributed by atoms with van der Waals surface area (Å²) >= 11 is 1.47. The highest BCUT2D eigenvalue weighted by Gasteiger charge is 2.58. The van der Waals surface area contributed by atoms with Crippen LogP contribution in [0.1, 0.15) is 46.4 Å². The van der Waals surface area contributed by atoms with E-state index in [2.05, 4.69) is 32.7 Å². The Morgan fingerprint density at radius 1 is 1.23 bits per heavy atom. The number of ether oxygens (including phenoxy) is 1. The maximum Gasteiger partial charge on any atom is 0.266 e. The number of rotatable bonds is 6. The number of H-pyrrole nitrogens is 1. The van der Waals surface area contributed by atoms with Gasteiger partial charge in [0.15, 0.2) is 11.7 Å². The Hall–Kier alpha value is -3.08. The van der Waals surface area contributed by atoms with E-state index in [-0.39, 0.29) is 18.6 Å². The highest BCUT2D eigenvalue weighted by atomic mass is 32.1. The molecular weight excluding hydrogens is 462 g/mol. The number of carbonyl (C=O) groups excluding carboxylic acids is 1. The summed E-state index contributed by atoms with van der Waals surface area (Å²) < 4.78 is 7.36. The summed E-state index contributed by atoms with van der Waals surface area (Å²) in [6.45, 7) is 5.02. The smallest absolute Gasteiger partial charge is 0.266 e. The molecule has 1 saturated heterocycles. The van der Waals surface area contributed by atoms with E-state index in [4.69, 9.17) is 4.74 Å². The molecule has 35 heavy (non-hydrogen) atoms. The second-order valence-electron chi connectivity index (χ2n) is 9.45. The number of amides is 1. The van der Waals surface area contributed by atoms with Gasteiger partial charge in [0.2, 0.25) is 0 Å². The molecular formula is C26H27N5O3S. The van der Waals surface area contributed by atoms with E-state index >= 15 is 0 Å². The molecule has 0 spiro atoms. The van der Waals surface area contributed by atoms with Crippen LogP contribution in [-0.4, -0.2) is 45.2 Å². The van der Waals surface area contributed by atoms with Crippen molar-refractivity contribution in [3.63, 3.8) is 0 Å². The van der Waals surface area contributed by atoms with E-state index in [0.29, 0.717) is 23.8 Å². The second-order valence-corrected chi connectivity index (χ2v) is 10.5. The zero-order chi connectivity index (χ0) is 24.2. The molecule has 1 amide bonds. The van der Waals surface area contributed by atoms with Crippen LogP contribution in [0, 0.1) is 0 Å². The van der Waals surface area contributed by atoms with Crippen molar-refractivity contribution in [3.05, 3.63) is 82.4 Å². The first-order chi connectivity index (χ1) is 16.9. The molecule has 8 nitrogen and oxygen atoms in total. The molecule has 2 aromatic heterocycles. The third-order valence-corrected chi connectivity index (χ3v) is 8.29. The van der Waals surface area contributed by atoms with Gasteiger partial charge in [0.25, 0.3) is 5.91 Å². The van der Waals surface area contributed by atoms with Gasteiger partial charge < -0.3 is 15.2 Å². The summed E-state index contributed by atoms with van der Waals surface area (Å²) in [5.41, 5.74) is 2.44. The fraction of sp³-hybridized carbons (Fsp3) is 0.308. The largest absolute Gasteiger partial charge is 0.394 e. The standard InChI is InChI=1S/C26H27N5O3S/c1-25-15-34-26(2,28-19(14-32)16-8-4-3-5-9-16)31(25)13-18-22(25)29-30-23(18)27-24(33)21-12-17-10-6-7-11-20(17)35-21/h3-12,19,28,32H,13-15H2,1-2H3,(H2,27,29,30,33)/t19-,25?,26?/m1/s1. The Morgan fingerprint density at radius 3 is 2.77 bits per heavy atom. The van der Waals surface area contributed by atoms with Crippen molar-refractivity contribution in [2.45, 2.75) is 37.8 Å². The minimum absolute atomic E-state index is 0.0587. The zero-order valence-corrected chi connectivity index (χ0v) is 20.4. The molecule has 180 valence electrons. The monoisotopic (exact) mass is 489 g/mol. The molecule has 4 aromatic rings. The average Bonchev–Trinajstić information content (AvgIpc) is 3.61. The number of nitrogens with one attached hydrogen (secondary N) is 3. The van der Waals surface area contributed by atoms with E-state index in [1.165, 1.54) is 11.3 Å². The summed E-state index contributed by atoms with van der Waals surface area (Å²) in [6, 6.07) is 19.4. The van der Waals surface area contributed by atoms with Gasteiger partial charge in [-0.1, -0.05) is 48.5 Å². The van der Waals surface area contributed by atoms with E-state index < -0.39 is 11.4 Å². The summed E-state index contributed by atoms with van der Waals surface area (Å²) in [6.07, 6.45) is 0. The lowest BCUT2D eigenvalue weighted by atomic mass is 9.99. The number of fused-ring (bicyclic) bond motifs is 4. The second kappa shape index (κ2) is 8.25. The van der Waals surface area contributed by atoms with Crippen LogP contribution < -0.4 is 10.6 Å². The lowest BCUT2D eigenvalue weighted by Gasteiger charge is -2.39. The van der Waals surface area contributed by atoms with Crippen LogP contribution >= 0.6 is 11.3 Å². The van der Waals surface area contributed by atoms with Gasteiger partial charge in [-0.15, -0.1) is 11.3 Å². The average molecular weight is 490 g/mol. The number of hydrogen-bond donors (Lipinski definition) is 4. The van der Waals surface area contributed by atoms with Crippen molar-refractivity contribution in [2.24, 2.45) is 0 Å². The van der Waals surface area contributed by atoms with Crippen molar-refractivity contribution >= 4 is 33.1 Å². The molecule has 1 fully saturated rings. The van der Waals surface area contributed by atoms with E-state index in [9.17, 15) is 9.90 Å². The number of aromatic nitrogens is 2. The lowest BCUT2D eigenvalue weighted by molar-refractivity contribution is -0.114. The van der Waals surface area contributed by atoms with Gasteiger partial charge in [-0.3, -0.25) is 15.2 Å². The van der Waals surface area contributed by atoms with E-state index in [0.717, 1.165) is 26.9 Å². The third-order valence-electron chi connectivity index (χ3n) is 7.17. The van der Waals surface area contributed by atoms with Crippen molar-refractivity contribution in [1.82, 2.24) is 20.4 Å². The molecule has 2 unspecified atom stereocenters. The summed E-state index contributed by atoms with van der Waals surface area (Å²) in [5.74, 6) is -0.439. The predicted octanol–water partition coefficient (Wildman–Crippen LogP) is 3.93. The molecule has 2 aliphatic rings. The number of aliphatic hydroxyl groups is 1. The van der Waals surface area contributed by atoms with Crippen LogP contribution in [-0.2, 0) is 16.8 Å². The molecule has 3 atom stereocenters. The molecule has 4 N–H and O–H groups in total. The Morgan fingerprint density at radius 2 is 2.00 bits per heavy atom. The predicted molar refractivity (Wildman–Crippen MR) is 135 cm³/mol. The van der Waals surface area contributed by atoms with Gasteiger partial charge in [0.1, 0.15) is 0 Å². The number of hydrogen-bond acceptors (Lipinski definition) is 7. The number of carbonyl (C=O) groups is 1. The molecule has 0 bridgehead atoms. The number of aromatic amines is 1. The molecule has 0 saturated carbocycles. The molecule has 2 aromatic carbocycles. The van der Waals surface area contributed by atoms with Gasteiger partial charge in [0.05, 0.1) is 35.4 Å². The van der Waals surface area contributed by atoms with Crippen molar-refractivity contribution in [1.29, 1.82) is 0 Å². The molecule has 9 heteroatoms. The molecule has 0 radical (unpaired) electrons. The normalized spacial score (nSPS) is 24.4. The number of benzene rings is 2.